The summed E-state index contributed by atoms with van der Waals surface area (Å²) in [6.45, 7) is 2.20. The number of nitrogens with zero attached hydrogens (tertiary/aromatic N) is 1. The molecule has 0 aliphatic carbocycles. The minimum atomic E-state index is -0.0165. The summed E-state index contributed by atoms with van der Waals surface area (Å²) in [5.74, 6) is 0.884. The molecule has 0 spiro atoms. The van der Waals surface area contributed by atoms with Gasteiger partial charge in [-0.15, -0.1) is 12.6 Å². The molecule has 1 fully saturated rings. The molecular formula is C16H23N3O2S. The lowest BCUT2D eigenvalue weighted by molar-refractivity contribution is -0.119. The maximum atomic E-state index is 11.7. The van der Waals surface area contributed by atoms with E-state index in [1.807, 2.05) is 0 Å². The van der Waals surface area contributed by atoms with E-state index in [-0.39, 0.29) is 11.7 Å². The van der Waals surface area contributed by atoms with Crippen molar-refractivity contribution in [3.8, 4) is 5.75 Å². The number of carbonyl (C=O) groups excluding carboxylic acids is 1. The van der Waals surface area contributed by atoms with Gasteiger partial charge in [0, 0.05) is 11.3 Å². The smallest absolute Gasteiger partial charge is 0.225 e. The monoisotopic (exact) mass is 321 g/mol. The van der Waals surface area contributed by atoms with E-state index in [0.717, 1.165) is 31.8 Å². The average molecular weight is 321 g/mol. The lowest BCUT2D eigenvalue weighted by Crippen LogP contribution is -2.28. The van der Waals surface area contributed by atoms with Gasteiger partial charge in [0.05, 0.1) is 12.0 Å². The SMILES string of the molecule is O=C(CCCC1CCNCC1)NC=Nc1ccc(O)cc1S. The van der Waals surface area contributed by atoms with Crippen LogP contribution in [0.1, 0.15) is 32.1 Å². The lowest BCUT2D eigenvalue weighted by Gasteiger charge is -2.22. The van der Waals surface area contributed by atoms with Crippen LogP contribution in [-0.4, -0.2) is 30.4 Å². The molecule has 1 aromatic carbocycles. The van der Waals surface area contributed by atoms with Crippen molar-refractivity contribution in [3.05, 3.63) is 18.2 Å². The first-order valence-corrected chi connectivity index (χ1v) is 8.14. The van der Waals surface area contributed by atoms with Crippen molar-refractivity contribution in [1.82, 2.24) is 10.6 Å². The Balaban J connectivity index is 1.67. The number of carbonyl (C=O) groups is 1. The lowest BCUT2D eigenvalue weighted by atomic mass is 9.92. The van der Waals surface area contributed by atoms with Crippen LogP contribution in [0.3, 0.4) is 0 Å². The van der Waals surface area contributed by atoms with E-state index < -0.39 is 0 Å². The van der Waals surface area contributed by atoms with Crippen molar-refractivity contribution in [3.63, 3.8) is 0 Å². The van der Waals surface area contributed by atoms with Gasteiger partial charge in [-0.2, -0.15) is 0 Å². The number of nitrogens with one attached hydrogen (secondary N) is 2. The molecule has 0 unspecified atom stereocenters. The molecule has 0 atom stereocenters. The molecule has 6 heteroatoms. The Morgan fingerprint density at radius 2 is 2.23 bits per heavy atom. The Morgan fingerprint density at radius 3 is 2.95 bits per heavy atom. The van der Waals surface area contributed by atoms with Crippen LogP contribution in [0.25, 0.3) is 0 Å². The molecule has 1 saturated heterocycles. The van der Waals surface area contributed by atoms with Crippen molar-refractivity contribution < 1.29 is 9.90 Å². The highest BCUT2D eigenvalue weighted by Crippen LogP contribution is 2.26. The van der Waals surface area contributed by atoms with Gasteiger partial charge in [0.1, 0.15) is 5.75 Å². The van der Waals surface area contributed by atoms with Crippen molar-refractivity contribution >= 4 is 30.6 Å². The van der Waals surface area contributed by atoms with Crippen LogP contribution in [0.5, 0.6) is 5.75 Å². The van der Waals surface area contributed by atoms with Crippen molar-refractivity contribution in [1.29, 1.82) is 0 Å². The summed E-state index contributed by atoms with van der Waals surface area (Å²) in [6.07, 6.45) is 6.38. The summed E-state index contributed by atoms with van der Waals surface area (Å²) in [6, 6.07) is 4.70. The van der Waals surface area contributed by atoms with Gasteiger partial charge >= 0.3 is 0 Å². The summed E-state index contributed by atoms with van der Waals surface area (Å²) in [4.78, 5) is 16.4. The fourth-order valence-electron chi connectivity index (χ4n) is 2.59. The summed E-state index contributed by atoms with van der Waals surface area (Å²) in [7, 11) is 0. The van der Waals surface area contributed by atoms with Gasteiger partial charge in [-0.3, -0.25) is 4.79 Å². The Hall–Kier alpha value is -1.53. The molecule has 3 N–H and O–H groups in total. The predicted octanol–water partition coefficient (Wildman–Crippen LogP) is 2.63. The number of thiol groups is 1. The van der Waals surface area contributed by atoms with E-state index in [1.54, 1.807) is 6.07 Å². The highest BCUT2D eigenvalue weighted by molar-refractivity contribution is 7.80. The maximum Gasteiger partial charge on any atom is 0.225 e. The quantitative estimate of drug-likeness (QED) is 0.370. The van der Waals surface area contributed by atoms with Crippen LogP contribution < -0.4 is 10.6 Å². The van der Waals surface area contributed by atoms with Crippen LogP contribution >= 0.6 is 12.6 Å². The fraction of sp³-hybridized carbons (Fsp3) is 0.500. The second kappa shape index (κ2) is 8.80. The minimum absolute atomic E-state index is 0.0165. The van der Waals surface area contributed by atoms with E-state index in [0.29, 0.717) is 17.0 Å². The van der Waals surface area contributed by atoms with Gasteiger partial charge in [0.15, 0.2) is 0 Å². The van der Waals surface area contributed by atoms with E-state index in [1.165, 1.54) is 31.3 Å². The molecule has 0 bridgehead atoms. The second-order valence-corrected chi connectivity index (χ2v) is 6.07. The number of aromatic hydroxyl groups is 1. The molecule has 0 radical (unpaired) electrons. The largest absolute Gasteiger partial charge is 0.508 e. The number of hydrogen-bond acceptors (Lipinski definition) is 5. The number of phenolic OH excluding ortho intramolecular Hbond substituents is 1. The third-order valence-corrected chi connectivity index (χ3v) is 4.22. The average Bonchev–Trinajstić information content (AvgIpc) is 2.50. The molecule has 0 aromatic heterocycles. The van der Waals surface area contributed by atoms with E-state index in [2.05, 4.69) is 28.3 Å². The van der Waals surface area contributed by atoms with Crippen LogP contribution in [-0.2, 0) is 4.79 Å². The summed E-state index contributed by atoms with van der Waals surface area (Å²) < 4.78 is 0. The van der Waals surface area contributed by atoms with E-state index in [4.69, 9.17) is 0 Å². The zero-order chi connectivity index (χ0) is 15.8. The predicted molar refractivity (Wildman–Crippen MR) is 91.1 cm³/mol. The molecule has 1 aliphatic heterocycles. The zero-order valence-corrected chi connectivity index (χ0v) is 13.5. The third kappa shape index (κ3) is 5.69. The topological polar surface area (TPSA) is 73.7 Å². The molecule has 2 rings (SSSR count). The third-order valence-electron chi connectivity index (χ3n) is 3.86. The van der Waals surface area contributed by atoms with Crippen molar-refractivity contribution in [2.45, 2.75) is 37.0 Å². The van der Waals surface area contributed by atoms with Crippen molar-refractivity contribution in [2.75, 3.05) is 13.1 Å². The van der Waals surface area contributed by atoms with Gasteiger partial charge in [-0.1, -0.05) is 0 Å². The zero-order valence-electron chi connectivity index (χ0n) is 12.6. The van der Waals surface area contributed by atoms with Gasteiger partial charge in [0.25, 0.3) is 0 Å². The number of rotatable bonds is 6. The van der Waals surface area contributed by atoms with Crippen molar-refractivity contribution in [2.24, 2.45) is 10.9 Å². The maximum absolute atomic E-state index is 11.7. The second-order valence-electron chi connectivity index (χ2n) is 5.58. The Kier molecular flexibility index (Phi) is 6.74. The molecule has 1 amide bonds. The van der Waals surface area contributed by atoms with Gasteiger partial charge in [-0.25, -0.2) is 4.99 Å². The molecule has 1 heterocycles. The molecule has 1 aliphatic rings. The number of phenols is 1. The minimum Gasteiger partial charge on any atom is -0.508 e. The van der Waals surface area contributed by atoms with E-state index >= 15 is 0 Å². The molecule has 22 heavy (non-hydrogen) atoms. The number of benzene rings is 1. The Bertz CT molecular complexity index is 528. The molecular weight excluding hydrogens is 298 g/mol. The number of hydrogen-bond donors (Lipinski definition) is 4. The normalized spacial score (nSPS) is 16.0. The molecule has 5 nitrogen and oxygen atoms in total. The highest BCUT2D eigenvalue weighted by atomic mass is 32.1. The fourth-order valence-corrected chi connectivity index (χ4v) is 2.85. The summed E-state index contributed by atoms with van der Waals surface area (Å²) in [5.41, 5.74) is 0.608. The summed E-state index contributed by atoms with van der Waals surface area (Å²) >= 11 is 4.22. The van der Waals surface area contributed by atoms with E-state index in [9.17, 15) is 9.90 Å². The molecule has 0 saturated carbocycles. The first-order chi connectivity index (χ1) is 10.6. The van der Waals surface area contributed by atoms with Gasteiger partial charge in [0.2, 0.25) is 5.91 Å². The number of aliphatic imine (C=N–C) groups is 1. The first-order valence-electron chi connectivity index (χ1n) is 7.70. The van der Waals surface area contributed by atoms with Crippen LogP contribution in [0, 0.1) is 5.92 Å². The first kappa shape index (κ1) is 16.8. The van der Waals surface area contributed by atoms with Crippen LogP contribution in [0.2, 0.25) is 0 Å². The van der Waals surface area contributed by atoms with Gasteiger partial charge in [-0.05, 0) is 62.9 Å². The molecule has 1 aromatic rings. The van der Waals surface area contributed by atoms with Crippen LogP contribution in [0.4, 0.5) is 5.69 Å². The highest BCUT2D eigenvalue weighted by Gasteiger charge is 2.12. The Morgan fingerprint density at radius 1 is 1.45 bits per heavy atom. The number of piperidine rings is 1. The summed E-state index contributed by atoms with van der Waals surface area (Å²) in [5, 5.41) is 15.3. The Labute approximate surface area is 136 Å². The number of amides is 1. The van der Waals surface area contributed by atoms with Gasteiger partial charge < -0.3 is 15.7 Å². The standard InChI is InChI=1S/C16H23N3O2S/c20-13-4-5-14(15(22)10-13)18-11-19-16(21)3-1-2-12-6-8-17-9-7-12/h4-5,10-12,17,20,22H,1-3,6-9H2,(H,18,19,21). The molecule has 120 valence electrons. The van der Waals surface area contributed by atoms with Crippen LogP contribution in [0.15, 0.2) is 28.1 Å².